The number of hydrogen-bond donors (Lipinski definition) is 0. The number of rotatable bonds is 10. The zero-order valence-electron chi connectivity index (χ0n) is 22.4. The van der Waals surface area contributed by atoms with Crippen LogP contribution in [0.5, 0.6) is 11.5 Å². The second-order valence-electron chi connectivity index (χ2n) is 9.39. The first kappa shape index (κ1) is 27.4. The smallest absolute Gasteiger partial charge is 0.264 e. The van der Waals surface area contributed by atoms with Crippen LogP contribution in [0.2, 0.25) is 0 Å². The molecule has 0 bridgehead atoms. The van der Waals surface area contributed by atoms with E-state index in [1.807, 2.05) is 52.7 Å². The van der Waals surface area contributed by atoms with Gasteiger partial charge < -0.3 is 24.2 Å². The molecule has 10 heteroatoms. The average molecular weight is 538 g/mol. The van der Waals surface area contributed by atoms with E-state index >= 15 is 0 Å². The molecule has 0 radical (unpaired) electrons. The maximum atomic E-state index is 13.2. The summed E-state index contributed by atoms with van der Waals surface area (Å²) in [5.74, 6) is 2.37. The van der Waals surface area contributed by atoms with Crippen LogP contribution in [0.25, 0.3) is 11.3 Å². The van der Waals surface area contributed by atoms with E-state index in [2.05, 4.69) is 28.9 Å². The molecular weight excluding hydrogens is 502 g/mol. The molecule has 1 aliphatic heterocycles. The van der Waals surface area contributed by atoms with Crippen LogP contribution >= 0.6 is 11.3 Å². The first-order valence-electron chi connectivity index (χ1n) is 12.8. The fourth-order valence-corrected chi connectivity index (χ4v) is 5.07. The first-order chi connectivity index (χ1) is 18.4. The number of carbonyl (C=O) groups excluding carboxylic acids is 2. The number of amides is 2. The molecule has 4 rings (SSSR count). The highest BCUT2D eigenvalue weighted by molar-refractivity contribution is 7.12. The lowest BCUT2D eigenvalue weighted by Gasteiger charge is -2.36. The Morgan fingerprint density at radius 2 is 1.84 bits per heavy atom. The number of methoxy groups -OCH3 is 2. The third kappa shape index (κ3) is 6.42. The largest absolute Gasteiger partial charge is 0.497 e. The molecule has 9 nitrogen and oxygen atoms in total. The van der Waals surface area contributed by atoms with Gasteiger partial charge in [0.05, 0.1) is 24.8 Å². The number of thiophene rings is 1. The van der Waals surface area contributed by atoms with Crippen molar-refractivity contribution >= 4 is 29.0 Å². The molecule has 38 heavy (non-hydrogen) atoms. The fraction of sp³-hybridized carbons (Fsp3) is 0.429. The van der Waals surface area contributed by atoms with E-state index in [0.29, 0.717) is 60.7 Å². The van der Waals surface area contributed by atoms with Crippen LogP contribution in [0.3, 0.4) is 0 Å². The number of nitrogens with zero attached hydrogens (tertiary/aromatic N) is 5. The number of benzene rings is 1. The molecule has 3 heterocycles. The fourth-order valence-electron chi connectivity index (χ4n) is 4.38. The summed E-state index contributed by atoms with van der Waals surface area (Å²) < 4.78 is 10.8. The summed E-state index contributed by atoms with van der Waals surface area (Å²) in [7, 11) is 3.23. The van der Waals surface area contributed by atoms with E-state index in [0.717, 1.165) is 17.8 Å². The maximum Gasteiger partial charge on any atom is 0.264 e. The Morgan fingerprint density at radius 1 is 1.05 bits per heavy atom. The topological polar surface area (TPSA) is 88.1 Å². The molecule has 3 aromatic rings. The van der Waals surface area contributed by atoms with Gasteiger partial charge in [0, 0.05) is 44.4 Å². The lowest BCUT2D eigenvalue weighted by molar-refractivity contribution is -0.132. The molecule has 0 saturated carbocycles. The van der Waals surface area contributed by atoms with Gasteiger partial charge in [0.1, 0.15) is 18.0 Å². The number of piperazine rings is 1. The zero-order valence-corrected chi connectivity index (χ0v) is 23.2. The summed E-state index contributed by atoms with van der Waals surface area (Å²) in [6, 6.07) is 13.1. The molecule has 0 spiro atoms. The van der Waals surface area contributed by atoms with Gasteiger partial charge in [-0.05, 0) is 41.6 Å². The molecule has 2 amide bonds. The van der Waals surface area contributed by atoms with Gasteiger partial charge in [-0.15, -0.1) is 21.5 Å². The summed E-state index contributed by atoms with van der Waals surface area (Å²) in [4.78, 5) is 32.5. The minimum atomic E-state index is -0.0730. The van der Waals surface area contributed by atoms with Gasteiger partial charge in [-0.1, -0.05) is 26.3 Å². The Bertz CT molecular complexity index is 1210. The Kier molecular flexibility index (Phi) is 9.17. The van der Waals surface area contributed by atoms with Crippen LogP contribution in [0.1, 0.15) is 29.9 Å². The van der Waals surface area contributed by atoms with Crippen LogP contribution < -0.4 is 14.4 Å². The van der Waals surface area contributed by atoms with E-state index in [1.54, 1.807) is 19.1 Å². The molecule has 202 valence electrons. The molecule has 2 aromatic heterocycles. The van der Waals surface area contributed by atoms with Crippen LogP contribution in [-0.2, 0) is 4.79 Å². The highest BCUT2D eigenvalue weighted by Gasteiger charge is 2.27. The van der Waals surface area contributed by atoms with Crippen LogP contribution in [-0.4, -0.2) is 85.3 Å². The van der Waals surface area contributed by atoms with Crippen LogP contribution in [0, 0.1) is 5.92 Å². The number of carbonyl (C=O) groups is 2. The zero-order chi connectivity index (χ0) is 27.1. The lowest BCUT2D eigenvalue weighted by Crippen LogP contribution is -2.52. The normalized spacial score (nSPS) is 14.2. The van der Waals surface area contributed by atoms with E-state index in [1.165, 1.54) is 11.3 Å². The van der Waals surface area contributed by atoms with Crippen LogP contribution in [0.4, 0.5) is 5.82 Å². The lowest BCUT2D eigenvalue weighted by atomic mass is 10.1. The van der Waals surface area contributed by atoms with Gasteiger partial charge >= 0.3 is 0 Å². The van der Waals surface area contributed by atoms with Crippen molar-refractivity contribution < 1.29 is 19.1 Å². The third-order valence-electron chi connectivity index (χ3n) is 6.87. The van der Waals surface area contributed by atoms with Crippen molar-refractivity contribution in [2.45, 2.75) is 20.3 Å². The van der Waals surface area contributed by atoms with Gasteiger partial charge in [-0.3, -0.25) is 9.59 Å². The van der Waals surface area contributed by atoms with Gasteiger partial charge in [0.25, 0.3) is 5.91 Å². The summed E-state index contributed by atoms with van der Waals surface area (Å²) in [5.41, 5.74) is 1.54. The SMILES string of the molecule is CC[C@@H](C)CN(CC(=O)N1CCN(c2ccc(-c3ccc(OC)cc3OC)nn2)CC1)C(=O)c1cccs1. The van der Waals surface area contributed by atoms with E-state index in [4.69, 9.17) is 9.47 Å². The summed E-state index contributed by atoms with van der Waals surface area (Å²) >= 11 is 1.41. The second-order valence-corrected chi connectivity index (χ2v) is 10.3. The van der Waals surface area contributed by atoms with Crippen molar-refractivity contribution in [2.24, 2.45) is 5.92 Å². The van der Waals surface area contributed by atoms with E-state index < -0.39 is 0 Å². The summed E-state index contributed by atoms with van der Waals surface area (Å²) in [6.45, 7) is 7.31. The standard InChI is InChI=1S/C28H35N5O4S/c1-5-20(2)18-33(28(35)25-7-6-16-38-25)19-27(34)32-14-12-31(13-15-32)26-11-10-23(29-30-26)22-9-8-21(36-3)17-24(22)37-4/h6-11,16-17,20H,5,12-15,18-19H2,1-4H3/t20-/m1/s1. The average Bonchev–Trinajstić information content (AvgIpc) is 3.51. The van der Waals surface area contributed by atoms with E-state index in [-0.39, 0.29) is 18.4 Å². The highest BCUT2D eigenvalue weighted by Crippen LogP contribution is 2.32. The van der Waals surface area contributed by atoms with Crippen molar-refractivity contribution in [2.75, 3.05) is 58.4 Å². The minimum absolute atomic E-state index is 0.0223. The second kappa shape index (κ2) is 12.7. The van der Waals surface area contributed by atoms with Crippen molar-refractivity contribution in [3.63, 3.8) is 0 Å². The maximum absolute atomic E-state index is 13.2. The molecule has 1 fully saturated rings. The molecular formula is C28H35N5O4S. The third-order valence-corrected chi connectivity index (χ3v) is 7.72. The van der Waals surface area contributed by atoms with Crippen LogP contribution in [0.15, 0.2) is 47.8 Å². The van der Waals surface area contributed by atoms with Crippen molar-refractivity contribution in [3.8, 4) is 22.8 Å². The Morgan fingerprint density at radius 3 is 2.45 bits per heavy atom. The van der Waals surface area contributed by atoms with Gasteiger partial charge in [0.15, 0.2) is 5.82 Å². The molecule has 1 atom stereocenters. The Hall–Kier alpha value is -3.66. The molecule has 0 aliphatic carbocycles. The van der Waals surface area contributed by atoms with Gasteiger partial charge in [-0.25, -0.2) is 0 Å². The number of hydrogen-bond acceptors (Lipinski definition) is 8. The summed E-state index contributed by atoms with van der Waals surface area (Å²) in [5, 5.41) is 10.8. The Balaban J connectivity index is 1.36. The number of aromatic nitrogens is 2. The molecule has 1 aliphatic rings. The molecule has 0 N–H and O–H groups in total. The molecule has 0 unspecified atom stereocenters. The number of anilines is 1. The first-order valence-corrected chi connectivity index (χ1v) is 13.7. The van der Waals surface area contributed by atoms with E-state index in [9.17, 15) is 9.59 Å². The Labute approximate surface area is 228 Å². The summed E-state index contributed by atoms with van der Waals surface area (Å²) in [6.07, 6.45) is 0.951. The van der Waals surface area contributed by atoms with Crippen molar-refractivity contribution in [1.82, 2.24) is 20.0 Å². The predicted octanol–water partition coefficient (Wildman–Crippen LogP) is 4.06. The predicted molar refractivity (Wildman–Crippen MR) is 149 cm³/mol. The van der Waals surface area contributed by atoms with Crippen molar-refractivity contribution in [1.29, 1.82) is 0 Å². The minimum Gasteiger partial charge on any atom is -0.497 e. The molecule has 1 aromatic carbocycles. The van der Waals surface area contributed by atoms with Crippen molar-refractivity contribution in [3.05, 3.63) is 52.7 Å². The van der Waals surface area contributed by atoms with Gasteiger partial charge in [-0.2, -0.15) is 0 Å². The quantitative estimate of drug-likeness (QED) is 0.385. The monoisotopic (exact) mass is 537 g/mol. The number of ether oxygens (including phenoxy) is 2. The highest BCUT2D eigenvalue weighted by atomic mass is 32.1. The molecule has 1 saturated heterocycles. The van der Waals surface area contributed by atoms with Gasteiger partial charge in [0.2, 0.25) is 5.91 Å².